The molecule has 8 heteroatoms. The van der Waals surface area contributed by atoms with Crippen molar-refractivity contribution in [3.05, 3.63) is 71.6 Å². The molecule has 0 unspecified atom stereocenters. The third-order valence-electron chi connectivity index (χ3n) is 5.81. The topological polar surface area (TPSA) is 65.4 Å². The molecule has 1 aliphatic heterocycles. The van der Waals surface area contributed by atoms with E-state index in [0.29, 0.717) is 5.56 Å². The molecule has 0 aliphatic carbocycles. The summed E-state index contributed by atoms with van der Waals surface area (Å²) in [5, 5.41) is 12.5. The number of quaternary nitrogens is 2. The normalized spacial score (nSPS) is 20.8. The van der Waals surface area contributed by atoms with Crippen LogP contribution >= 0.6 is 0 Å². The van der Waals surface area contributed by atoms with Gasteiger partial charge in [0, 0.05) is 18.0 Å². The fourth-order valence-corrected chi connectivity index (χ4v) is 4.28. The number of tetrazole rings is 1. The molecule has 1 atom stereocenters. The van der Waals surface area contributed by atoms with Gasteiger partial charge in [0.05, 0.1) is 11.1 Å². The highest BCUT2D eigenvalue weighted by Crippen LogP contribution is 2.23. The van der Waals surface area contributed by atoms with Gasteiger partial charge in [0.25, 0.3) is 0 Å². The van der Waals surface area contributed by atoms with E-state index in [9.17, 15) is 4.39 Å². The smallest absolute Gasteiger partial charge is 0.214 e. The van der Waals surface area contributed by atoms with Crippen LogP contribution in [0.25, 0.3) is 0 Å². The number of hydrogen-bond donors (Lipinski definition) is 2. The van der Waals surface area contributed by atoms with Crippen molar-refractivity contribution in [2.75, 3.05) is 26.2 Å². The average Bonchev–Trinajstić information content (AvgIpc) is 3.22. The Kier molecular flexibility index (Phi) is 5.87. The largest absolute Gasteiger partial charge is 0.322 e. The van der Waals surface area contributed by atoms with Crippen LogP contribution in [-0.2, 0) is 12.1 Å². The molecule has 158 valence electrons. The fourth-order valence-electron chi connectivity index (χ4n) is 4.28. The maximum absolute atomic E-state index is 14.9. The van der Waals surface area contributed by atoms with Crippen LogP contribution in [0, 0.1) is 5.82 Å². The molecule has 1 aromatic carbocycles. The number of pyridine rings is 1. The zero-order valence-electron chi connectivity index (χ0n) is 17.8. The molecular weight excluding hydrogens is 381 g/mol. The van der Waals surface area contributed by atoms with E-state index >= 15 is 0 Å². The summed E-state index contributed by atoms with van der Waals surface area (Å²) < 4.78 is 16.7. The lowest BCUT2D eigenvalue weighted by Gasteiger charge is -2.35. The number of halogens is 1. The first-order valence-electron chi connectivity index (χ1n) is 10.5. The lowest BCUT2D eigenvalue weighted by Crippen LogP contribution is -3.27. The van der Waals surface area contributed by atoms with Gasteiger partial charge in [0.1, 0.15) is 38.5 Å². The Hall–Kier alpha value is -2.71. The highest BCUT2D eigenvalue weighted by Gasteiger charge is 2.38. The molecule has 3 heterocycles. The van der Waals surface area contributed by atoms with Crippen LogP contribution in [0.4, 0.5) is 4.39 Å². The Labute approximate surface area is 176 Å². The zero-order chi connectivity index (χ0) is 21.1. The minimum Gasteiger partial charge on any atom is -0.322 e. The van der Waals surface area contributed by atoms with Crippen molar-refractivity contribution < 1.29 is 14.2 Å². The molecule has 4 rings (SSSR count). The molecule has 0 amide bonds. The molecule has 1 fully saturated rings. The van der Waals surface area contributed by atoms with Crippen molar-refractivity contribution in [3.63, 3.8) is 0 Å². The summed E-state index contributed by atoms with van der Waals surface area (Å²) in [6.45, 7) is 11.1. The minimum atomic E-state index is -0.282. The van der Waals surface area contributed by atoms with Gasteiger partial charge in [-0.2, -0.15) is 0 Å². The summed E-state index contributed by atoms with van der Waals surface area (Å²) >= 11 is 0. The Morgan fingerprint density at radius 1 is 1.03 bits per heavy atom. The number of aromatic nitrogens is 5. The van der Waals surface area contributed by atoms with Gasteiger partial charge in [0.2, 0.25) is 5.82 Å². The monoisotopic (exact) mass is 411 g/mol. The lowest BCUT2D eigenvalue weighted by atomic mass is 10.0. The van der Waals surface area contributed by atoms with Gasteiger partial charge in [-0.25, -0.2) is 9.07 Å². The number of benzene rings is 1. The summed E-state index contributed by atoms with van der Waals surface area (Å²) in [6, 6.07) is 10.9. The molecule has 7 nitrogen and oxygen atoms in total. The first-order chi connectivity index (χ1) is 14.4. The minimum absolute atomic E-state index is 0.204. The highest BCUT2D eigenvalue weighted by molar-refractivity contribution is 5.24. The van der Waals surface area contributed by atoms with E-state index in [1.807, 2.05) is 29.2 Å². The van der Waals surface area contributed by atoms with Gasteiger partial charge in [0.15, 0.2) is 6.04 Å². The van der Waals surface area contributed by atoms with Crippen molar-refractivity contribution >= 4 is 0 Å². The quantitative estimate of drug-likeness (QED) is 0.622. The summed E-state index contributed by atoms with van der Waals surface area (Å²) in [5.41, 5.74) is 1.67. The van der Waals surface area contributed by atoms with Gasteiger partial charge in [-0.3, -0.25) is 4.98 Å². The molecule has 1 aliphatic rings. The van der Waals surface area contributed by atoms with E-state index in [1.165, 1.54) is 21.4 Å². The van der Waals surface area contributed by atoms with Crippen LogP contribution in [0.5, 0.6) is 0 Å². The van der Waals surface area contributed by atoms with Gasteiger partial charge in [-0.1, -0.05) is 12.1 Å². The van der Waals surface area contributed by atoms with Gasteiger partial charge < -0.3 is 9.80 Å². The average molecular weight is 412 g/mol. The van der Waals surface area contributed by atoms with Crippen molar-refractivity contribution in [3.8, 4) is 0 Å². The SMILES string of the molecule is CC(C)(C)n1nnnc1[C@@H](c1ccccc1F)[NH+]1CC[NH+](Cc2ccncc2)CC1. The molecule has 0 radical (unpaired) electrons. The van der Waals surface area contributed by atoms with Crippen LogP contribution in [-0.4, -0.2) is 51.4 Å². The van der Waals surface area contributed by atoms with Crippen molar-refractivity contribution in [2.45, 2.75) is 38.9 Å². The third kappa shape index (κ3) is 4.39. The van der Waals surface area contributed by atoms with Crippen molar-refractivity contribution in [1.29, 1.82) is 0 Å². The van der Waals surface area contributed by atoms with Crippen LogP contribution in [0.1, 0.15) is 43.8 Å². The summed E-state index contributed by atoms with van der Waals surface area (Å²) in [7, 11) is 0. The summed E-state index contributed by atoms with van der Waals surface area (Å²) in [4.78, 5) is 6.94. The molecule has 2 aromatic heterocycles. The number of hydrogen-bond acceptors (Lipinski definition) is 4. The predicted molar refractivity (Wildman–Crippen MR) is 110 cm³/mol. The maximum atomic E-state index is 14.9. The van der Waals surface area contributed by atoms with Gasteiger partial charge in [-0.15, -0.1) is 5.10 Å². The van der Waals surface area contributed by atoms with Crippen LogP contribution < -0.4 is 9.80 Å². The van der Waals surface area contributed by atoms with E-state index < -0.39 is 0 Å². The van der Waals surface area contributed by atoms with Crippen molar-refractivity contribution in [1.82, 2.24) is 25.2 Å². The van der Waals surface area contributed by atoms with Crippen LogP contribution in [0.15, 0.2) is 48.8 Å². The van der Waals surface area contributed by atoms with Gasteiger partial charge >= 0.3 is 0 Å². The lowest BCUT2D eigenvalue weighted by molar-refractivity contribution is -1.03. The van der Waals surface area contributed by atoms with Crippen LogP contribution in [0.3, 0.4) is 0 Å². The van der Waals surface area contributed by atoms with E-state index in [-0.39, 0.29) is 17.4 Å². The first-order valence-corrected chi connectivity index (χ1v) is 10.5. The standard InChI is InChI=1S/C22H28FN7/c1-22(2,3)30-21(25-26-27-30)20(18-6-4-5-7-19(18)23)29-14-12-28(13-15-29)16-17-8-10-24-11-9-17/h4-11,20H,12-16H2,1-3H3/p+2/t20-/m1/s1. The van der Waals surface area contributed by atoms with E-state index in [1.54, 1.807) is 6.07 Å². The zero-order valence-corrected chi connectivity index (χ0v) is 17.8. The van der Waals surface area contributed by atoms with Gasteiger partial charge in [-0.05, 0) is 55.5 Å². The number of rotatable bonds is 5. The molecule has 2 N–H and O–H groups in total. The number of nitrogens with zero attached hydrogens (tertiary/aromatic N) is 5. The van der Waals surface area contributed by atoms with E-state index in [0.717, 1.165) is 38.5 Å². The molecule has 0 saturated carbocycles. The second-order valence-electron chi connectivity index (χ2n) is 9.01. The Balaban J connectivity index is 1.59. The molecule has 1 saturated heterocycles. The maximum Gasteiger partial charge on any atom is 0.214 e. The second kappa shape index (κ2) is 8.57. The third-order valence-corrected chi connectivity index (χ3v) is 5.81. The Morgan fingerprint density at radius 3 is 2.40 bits per heavy atom. The fraction of sp³-hybridized carbons (Fsp3) is 0.455. The Bertz CT molecular complexity index is 959. The van der Waals surface area contributed by atoms with E-state index in [4.69, 9.17) is 0 Å². The molecule has 3 aromatic rings. The second-order valence-corrected chi connectivity index (χ2v) is 9.01. The first kappa shape index (κ1) is 20.6. The number of nitrogens with one attached hydrogen (secondary N) is 2. The van der Waals surface area contributed by atoms with Crippen molar-refractivity contribution in [2.24, 2.45) is 0 Å². The Morgan fingerprint density at radius 2 is 1.73 bits per heavy atom. The molecular formula is C22H30FN7+2. The number of piperazine rings is 1. The summed E-state index contributed by atoms with van der Waals surface area (Å²) in [6.07, 6.45) is 3.69. The van der Waals surface area contributed by atoms with E-state index in [2.05, 4.69) is 53.4 Å². The van der Waals surface area contributed by atoms with Crippen LogP contribution in [0.2, 0.25) is 0 Å². The molecule has 0 spiro atoms. The predicted octanol–water partition coefficient (Wildman–Crippen LogP) is 0.0352. The molecule has 30 heavy (non-hydrogen) atoms. The highest BCUT2D eigenvalue weighted by atomic mass is 19.1. The molecule has 0 bridgehead atoms. The summed E-state index contributed by atoms with van der Waals surface area (Å²) in [5.74, 6) is 0.519.